The SMILES string of the molecule is CC(=O)OC[C@H]1O[C@@H](OC[C@]2(C)[C@@H]3CC[C@]4(C)[C@H](CC=C5[C@@H]6C[C@](C)(O)CC[C@]6(C(=O)O)CC[C@]54C)[C@]3(C)CC[C@@H]2O)[C@H](O)[C@H](O)[C@@H]1O[C@@H]1O[C@@H](C)[C@H](O)[C@@H](O)[C@H]1O. The Hall–Kier alpha value is -1.76. The van der Waals surface area contributed by atoms with E-state index in [0.717, 1.165) is 32.1 Å². The van der Waals surface area contributed by atoms with Crippen LogP contribution in [0.15, 0.2) is 11.6 Å². The van der Waals surface area contributed by atoms with Gasteiger partial charge in [-0.25, -0.2) is 0 Å². The number of aliphatic hydroxyl groups is 7. The summed E-state index contributed by atoms with van der Waals surface area (Å²) in [7, 11) is 0. The molecule has 2 heterocycles. The highest BCUT2D eigenvalue weighted by Gasteiger charge is 2.70. The van der Waals surface area contributed by atoms with Gasteiger partial charge in [0.1, 0.15) is 49.3 Å². The quantitative estimate of drug-likeness (QED) is 0.129. The van der Waals surface area contributed by atoms with E-state index >= 15 is 0 Å². The Morgan fingerprint density at radius 3 is 2.16 bits per heavy atom. The molecule has 2 aliphatic heterocycles. The summed E-state index contributed by atoms with van der Waals surface area (Å²) < 4.78 is 29.2. The van der Waals surface area contributed by atoms with E-state index in [0.29, 0.717) is 32.1 Å². The Morgan fingerprint density at radius 1 is 0.810 bits per heavy atom. The zero-order valence-corrected chi connectivity index (χ0v) is 35.1. The van der Waals surface area contributed by atoms with E-state index < -0.39 is 102 Å². The molecular weight excluding hydrogens is 756 g/mol. The monoisotopic (exact) mass is 824 g/mol. The standard InChI is InChI=1S/C43H68O15/c1-21-29(46)30(47)32(49)36(56-21)58-34-25(19-54-22(2)44)57-35(33(50)31(34)48)55-20-40(5)26-10-13-42(7)27(39(26,4)12-11-28(40)45)9-8-23-24-18-38(3,53)14-16-43(24,37(51)52)17-15-41(23,42)6/h8,21,24-36,45-50,53H,9-20H2,1-7H3,(H,51,52)/t21-,24-,25+,26+,27+,28-,29-,30+,31-,32+,33+,34+,35+,36-,38+,39+,40+,41+,42+,43-/m0/s1. The van der Waals surface area contributed by atoms with Gasteiger partial charge in [-0.3, -0.25) is 9.59 Å². The van der Waals surface area contributed by atoms with Crippen molar-refractivity contribution in [3.8, 4) is 0 Å². The van der Waals surface area contributed by atoms with Crippen molar-refractivity contribution in [1.82, 2.24) is 0 Å². The number of hydrogen-bond donors (Lipinski definition) is 8. The molecule has 15 nitrogen and oxygen atoms in total. The summed E-state index contributed by atoms with van der Waals surface area (Å²) in [6.45, 7) is 13.1. The molecule has 7 aliphatic rings. The van der Waals surface area contributed by atoms with Crippen LogP contribution in [0.1, 0.15) is 113 Å². The van der Waals surface area contributed by atoms with Crippen molar-refractivity contribution in [3.05, 3.63) is 11.6 Å². The van der Waals surface area contributed by atoms with E-state index in [1.807, 2.05) is 13.8 Å². The molecule has 58 heavy (non-hydrogen) atoms. The number of carboxylic acids is 1. The summed E-state index contributed by atoms with van der Waals surface area (Å²) in [5, 5.41) is 87.6. The number of rotatable bonds is 8. The van der Waals surface area contributed by atoms with Gasteiger partial charge < -0.3 is 64.5 Å². The first kappa shape index (κ1) is 44.3. The lowest BCUT2D eigenvalue weighted by Gasteiger charge is -2.71. The van der Waals surface area contributed by atoms with Gasteiger partial charge in [-0.2, -0.15) is 0 Å². The first-order chi connectivity index (χ1) is 27.0. The number of carbonyl (C=O) groups is 2. The maximum atomic E-state index is 13.0. The van der Waals surface area contributed by atoms with Crippen LogP contribution >= 0.6 is 0 Å². The number of esters is 1. The van der Waals surface area contributed by atoms with Crippen molar-refractivity contribution >= 4 is 11.9 Å². The third-order valence-corrected chi connectivity index (χ3v) is 17.3. The first-order valence-electron chi connectivity index (χ1n) is 21.4. The van der Waals surface area contributed by atoms with Crippen molar-refractivity contribution in [1.29, 1.82) is 0 Å². The minimum Gasteiger partial charge on any atom is -0.481 e. The number of allylic oxidation sites excluding steroid dienone is 2. The smallest absolute Gasteiger partial charge is 0.310 e. The fraction of sp³-hybridized carbons (Fsp3) is 0.907. The molecule has 15 heteroatoms. The van der Waals surface area contributed by atoms with Gasteiger partial charge in [0.05, 0.1) is 29.8 Å². The fourth-order valence-corrected chi connectivity index (χ4v) is 13.5. The summed E-state index contributed by atoms with van der Waals surface area (Å²) in [5.74, 6) is -1.43. The Balaban J connectivity index is 1.11. The molecule has 330 valence electrons. The normalized spacial score (nSPS) is 54.2. The number of fused-ring (bicyclic) bond motifs is 7. The van der Waals surface area contributed by atoms with Crippen molar-refractivity contribution in [3.63, 3.8) is 0 Å². The topological polar surface area (TPSA) is 242 Å². The van der Waals surface area contributed by atoms with Crippen LogP contribution in [0.5, 0.6) is 0 Å². The Labute approximate surface area is 341 Å². The molecule has 2 saturated heterocycles. The van der Waals surface area contributed by atoms with Crippen molar-refractivity contribution in [2.45, 2.75) is 186 Å². The van der Waals surface area contributed by atoms with Crippen LogP contribution in [0.2, 0.25) is 0 Å². The molecule has 0 bridgehead atoms. The summed E-state index contributed by atoms with van der Waals surface area (Å²) in [4.78, 5) is 24.9. The summed E-state index contributed by atoms with van der Waals surface area (Å²) in [5.41, 5.74) is -2.09. The van der Waals surface area contributed by atoms with Gasteiger partial charge in [-0.15, -0.1) is 0 Å². The number of carboxylic acid groups (broad SMARTS) is 1. The summed E-state index contributed by atoms with van der Waals surface area (Å²) in [6.07, 6.45) is -6.61. The van der Waals surface area contributed by atoms with E-state index in [1.54, 1.807) is 0 Å². The highest BCUT2D eigenvalue weighted by molar-refractivity contribution is 5.76. The molecular formula is C43H68O15. The van der Waals surface area contributed by atoms with Gasteiger partial charge >= 0.3 is 11.9 Å². The minimum absolute atomic E-state index is 0.00947. The predicted molar refractivity (Wildman–Crippen MR) is 204 cm³/mol. The summed E-state index contributed by atoms with van der Waals surface area (Å²) >= 11 is 0. The molecule has 0 aromatic carbocycles. The van der Waals surface area contributed by atoms with Crippen LogP contribution in [-0.4, -0.2) is 139 Å². The minimum atomic E-state index is -1.70. The van der Waals surface area contributed by atoms with Crippen LogP contribution in [-0.2, 0) is 33.3 Å². The molecule has 0 aromatic heterocycles. The van der Waals surface area contributed by atoms with Crippen molar-refractivity contribution in [2.24, 2.45) is 44.8 Å². The van der Waals surface area contributed by atoms with Crippen molar-refractivity contribution < 1.29 is 74.1 Å². The van der Waals surface area contributed by atoms with Gasteiger partial charge in [0.2, 0.25) is 0 Å². The van der Waals surface area contributed by atoms with E-state index in [1.165, 1.54) is 19.4 Å². The van der Waals surface area contributed by atoms with E-state index in [2.05, 4.69) is 26.8 Å². The Kier molecular flexibility index (Phi) is 11.6. The lowest BCUT2D eigenvalue weighted by molar-refractivity contribution is -0.360. The van der Waals surface area contributed by atoms with Crippen molar-refractivity contribution in [2.75, 3.05) is 13.2 Å². The van der Waals surface area contributed by atoms with Gasteiger partial charge in [0.15, 0.2) is 12.6 Å². The maximum Gasteiger partial charge on any atom is 0.310 e. The average molecular weight is 825 g/mol. The molecule has 5 aliphatic carbocycles. The number of aliphatic carboxylic acids is 1. The van der Waals surface area contributed by atoms with Gasteiger partial charge in [-0.05, 0) is 112 Å². The van der Waals surface area contributed by atoms with Gasteiger partial charge in [0.25, 0.3) is 0 Å². The second-order valence-electron chi connectivity index (χ2n) is 20.5. The number of carbonyl (C=O) groups excluding carboxylic acids is 1. The van der Waals surface area contributed by atoms with Crippen LogP contribution < -0.4 is 0 Å². The molecule has 4 saturated carbocycles. The highest BCUT2D eigenvalue weighted by Crippen LogP contribution is 2.75. The highest BCUT2D eigenvalue weighted by atomic mass is 16.7. The number of ether oxygens (including phenoxy) is 5. The van der Waals surface area contributed by atoms with E-state index in [-0.39, 0.29) is 40.6 Å². The average Bonchev–Trinajstić information content (AvgIpc) is 3.15. The molecule has 0 spiro atoms. The Morgan fingerprint density at radius 2 is 1.48 bits per heavy atom. The fourth-order valence-electron chi connectivity index (χ4n) is 13.5. The van der Waals surface area contributed by atoms with E-state index in [9.17, 15) is 50.4 Å². The molecule has 0 unspecified atom stereocenters. The largest absolute Gasteiger partial charge is 0.481 e. The predicted octanol–water partition coefficient (Wildman–Crippen LogP) is 2.18. The molecule has 0 aromatic rings. The Bertz CT molecular complexity index is 1600. The van der Waals surface area contributed by atoms with E-state index in [4.69, 9.17) is 23.7 Å². The van der Waals surface area contributed by atoms with Gasteiger partial charge in [0, 0.05) is 12.3 Å². The molecule has 8 N–H and O–H groups in total. The third-order valence-electron chi connectivity index (χ3n) is 17.3. The zero-order valence-electron chi connectivity index (χ0n) is 35.1. The second kappa shape index (κ2) is 15.2. The molecule has 0 radical (unpaired) electrons. The first-order valence-corrected chi connectivity index (χ1v) is 21.4. The molecule has 0 amide bonds. The third kappa shape index (κ3) is 6.81. The molecule has 7 rings (SSSR count). The lowest BCUT2D eigenvalue weighted by Crippen LogP contribution is -2.67. The maximum absolute atomic E-state index is 13.0. The number of hydrogen-bond acceptors (Lipinski definition) is 14. The van der Waals surface area contributed by atoms with Crippen LogP contribution in [0.3, 0.4) is 0 Å². The van der Waals surface area contributed by atoms with Crippen LogP contribution in [0, 0.1) is 44.8 Å². The molecule has 20 atom stereocenters. The number of aliphatic hydroxyl groups excluding tert-OH is 6. The zero-order chi connectivity index (χ0) is 42.5. The van der Waals surface area contributed by atoms with Crippen LogP contribution in [0.4, 0.5) is 0 Å². The van der Waals surface area contributed by atoms with Crippen LogP contribution in [0.25, 0.3) is 0 Å². The second-order valence-corrected chi connectivity index (χ2v) is 20.5. The lowest BCUT2D eigenvalue weighted by atomic mass is 9.33. The van der Waals surface area contributed by atoms with Gasteiger partial charge in [-0.1, -0.05) is 39.3 Å². The molecule has 6 fully saturated rings. The summed E-state index contributed by atoms with van der Waals surface area (Å²) in [6, 6.07) is 0.